The molecule has 5 heteroatoms. The van der Waals surface area contributed by atoms with Crippen molar-refractivity contribution in [2.24, 2.45) is 0 Å². The van der Waals surface area contributed by atoms with E-state index in [1.807, 2.05) is 6.92 Å². The van der Waals surface area contributed by atoms with Crippen molar-refractivity contribution in [3.8, 4) is 5.88 Å². The van der Waals surface area contributed by atoms with E-state index < -0.39 is 0 Å². The topological polar surface area (TPSA) is 50.3 Å². The molecule has 1 aromatic heterocycles. The molecule has 0 saturated carbocycles. The summed E-state index contributed by atoms with van der Waals surface area (Å²) in [6, 6.07) is 3.72. The van der Waals surface area contributed by atoms with Crippen LogP contribution in [-0.4, -0.2) is 46.6 Å². The van der Waals surface area contributed by atoms with Crippen molar-refractivity contribution >= 4 is 5.95 Å². The summed E-state index contributed by atoms with van der Waals surface area (Å²) in [6.45, 7) is 2.60. The molecule has 2 aliphatic rings. The van der Waals surface area contributed by atoms with Crippen LogP contribution in [0.4, 0.5) is 5.95 Å². The van der Waals surface area contributed by atoms with Crippen molar-refractivity contribution in [2.45, 2.75) is 57.2 Å². The molecule has 20 heavy (non-hydrogen) atoms. The van der Waals surface area contributed by atoms with Crippen LogP contribution in [0.1, 0.15) is 39.0 Å². The van der Waals surface area contributed by atoms with Crippen molar-refractivity contribution in [1.29, 1.82) is 0 Å². The van der Waals surface area contributed by atoms with Crippen LogP contribution in [0.2, 0.25) is 0 Å². The molecule has 3 heterocycles. The minimum absolute atomic E-state index is 0.485. The molecule has 2 unspecified atom stereocenters. The molecule has 2 aliphatic heterocycles. The van der Waals surface area contributed by atoms with Crippen LogP contribution in [0, 0.1) is 0 Å². The number of hydrogen-bond donors (Lipinski definition) is 1. The standard InChI is InChI=1S/C15H24N4O/c1-3-20-14-7-8-16-15(18-14)17-11-9-12-5-4-6-13(10-11)19(12)2/h7-8,11-13H,3-6,9-10H2,1-2H3,(H,16,17,18). The van der Waals surface area contributed by atoms with Crippen LogP contribution >= 0.6 is 0 Å². The van der Waals surface area contributed by atoms with Gasteiger partial charge in [0.1, 0.15) is 0 Å². The number of aromatic nitrogens is 2. The molecule has 0 aliphatic carbocycles. The summed E-state index contributed by atoms with van der Waals surface area (Å²) in [5, 5.41) is 3.50. The van der Waals surface area contributed by atoms with E-state index in [-0.39, 0.29) is 0 Å². The molecule has 110 valence electrons. The maximum absolute atomic E-state index is 5.43. The van der Waals surface area contributed by atoms with Gasteiger partial charge in [-0.1, -0.05) is 6.42 Å². The van der Waals surface area contributed by atoms with E-state index in [2.05, 4.69) is 27.2 Å². The Morgan fingerprint density at radius 1 is 1.35 bits per heavy atom. The monoisotopic (exact) mass is 276 g/mol. The summed E-state index contributed by atoms with van der Waals surface area (Å²) in [5.74, 6) is 1.35. The zero-order valence-electron chi connectivity index (χ0n) is 12.4. The number of rotatable bonds is 4. The second-order valence-corrected chi connectivity index (χ2v) is 5.87. The van der Waals surface area contributed by atoms with Gasteiger partial charge in [-0.3, -0.25) is 0 Å². The van der Waals surface area contributed by atoms with Gasteiger partial charge in [0.25, 0.3) is 0 Å². The van der Waals surface area contributed by atoms with E-state index in [9.17, 15) is 0 Å². The van der Waals surface area contributed by atoms with Gasteiger partial charge >= 0.3 is 0 Å². The Balaban J connectivity index is 1.64. The molecular weight excluding hydrogens is 252 g/mol. The highest BCUT2D eigenvalue weighted by molar-refractivity contribution is 5.29. The zero-order chi connectivity index (χ0) is 13.9. The molecule has 2 atom stereocenters. The number of nitrogens with zero attached hydrogens (tertiary/aromatic N) is 3. The first kappa shape index (κ1) is 13.6. The molecule has 0 radical (unpaired) electrons. The van der Waals surface area contributed by atoms with Crippen molar-refractivity contribution < 1.29 is 4.74 Å². The third-order valence-electron chi connectivity index (χ3n) is 4.60. The van der Waals surface area contributed by atoms with E-state index in [0.29, 0.717) is 24.5 Å². The fraction of sp³-hybridized carbons (Fsp3) is 0.733. The average molecular weight is 276 g/mol. The summed E-state index contributed by atoms with van der Waals surface area (Å²) < 4.78 is 5.43. The molecule has 3 rings (SSSR count). The van der Waals surface area contributed by atoms with E-state index in [1.165, 1.54) is 32.1 Å². The average Bonchev–Trinajstić information content (AvgIpc) is 2.41. The van der Waals surface area contributed by atoms with Crippen molar-refractivity contribution in [2.75, 3.05) is 19.0 Å². The second kappa shape index (κ2) is 5.95. The third kappa shape index (κ3) is 2.87. The smallest absolute Gasteiger partial charge is 0.226 e. The number of piperidine rings is 2. The lowest BCUT2D eigenvalue weighted by molar-refractivity contribution is 0.0607. The predicted octanol–water partition coefficient (Wildman–Crippen LogP) is 2.30. The lowest BCUT2D eigenvalue weighted by atomic mass is 9.82. The van der Waals surface area contributed by atoms with Crippen molar-refractivity contribution in [3.05, 3.63) is 12.3 Å². The first-order valence-corrected chi connectivity index (χ1v) is 7.70. The second-order valence-electron chi connectivity index (χ2n) is 5.87. The van der Waals surface area contributed by atoms with Gasteiger partial charge in [0.05, 0.1) is 6.61 Å². The highest BCUT2D eigenvalue weighted by Crippen LogP contribution is 2.33. The molecule has 5 nitrogen and oxygen atoms in total. The fourth-order valence-electron chi connectivity index (χ4n) is 3.56. The largest absolute Gasteiger partial charge is 0.478 e. The first-order chi connectivity index (χ1) is 9.76. The molecule has 0 amide bonds. The summed E-state index contributed by atoms with van der Waals surface area (Å²) >= 11 is 0. The predicted molar refractivity (Wildman–Crippen MR) is 79.0 cm³/mol. The van der Waals surface area contributed by atoms with E-state index in [0.717, 1.165) is 12.1 Å². The third-order valence-corrected chi connectivity index (χ3v) is 4.60. The highest BCUT2D eigenvalue weighted by Gasteiger charge is 2.36. The molecule has 0 aromatic carbocycles. The van der Waals surface area contributed by atoms with Gasteiger partial charge in [-0.25, -0.2) is 4.98 Å². The van der Waals surface area contributed by atoms with Gasteiger partial charge in [0, 0.05) is 30.4 Å². The minimum atomic E-state index is 0.485. The van der Waals surface area contributed by atoms with Crippen molar-refractivity contribution in [1.82, 2.24) is 14.9 Å². The summed E-state index contributed by atoms with van der Waals surface area (Å²) in [4.78, 5) is 11.3. The summed E-state index contributed by atoms with van der Waals surface area (Å²) in [5.41, 5.74) is 0. The number of hydrogen-bond acceptors (Lipinski definition) is 5. The lowest BCUT2D eigenvalue weighted by Gasteiger charge is -2.47. The van der Waals surface area contributed by atoms with Gasteiger partial charge in [0.15, 0.2) is 0 Å². The molecule has 2 fully saturated rings. The molecule has 1 aromatic rings. The SMILES string of the molecule is CCOc1ccnc(NC2CC3CCCC(C2)N3C)n1. The Morgan fingerprint density at radius 3 is 2.80 bits per heavy atom. The normalized spacial score (nSPS) is 30.0. The van der Waals surface area contributed by atoms with Crippen LogP contribution in [0.3, 0.4) is 0 Å². The summed E-state index contributed by atoms with van der Waals surface area (Å²) in [7, 11) is 2.27. The van der Waals surface area contributed by atoms with Gasteiger partial charge in [-0.05, 0) is 39.7 Å². The molecule has 1 N–H and O–H groups in total. The van der Waals surface area contributed by atoms with Crippen LogP contribution in [0.25, 0.3) is 0 Å². The number of anilines is 1. The Morgan fingerprint density at radius 2 is 2.10 bits per heavy atom. The number of nitrogens with one attached hydrogen (secondary N) is 1. The molecule has 0 spiro atoms. The van der Waals surface area contributed by atoms with Crippen LogP contribution in [-0.2, 0) is 0 Å². The fourth-order valence-corrected chi connectivity index (χ4v) is 3.56. The van der Waals surface area contributed by atoms with Crippen LogP contribution in [0.15, 0.2) is 12.3 Å². The highest BCUT2D eigenvalue weighted by atomic mass is 16.5. The molecular formula is C15H24N4O. The Kier molecular flexibility index (Phi) is 4.05. The minimum Gasteiger partial charge on any atom is -0.478 e. The Hall–Kier alpha value is -1.36. The number of ether oxygens (including phenoxy) is 1. The Labute approximate surface area is 120 Å². The maximum atomic E-state index is 5.43. The number of fused-ring (bicyclic) bond motifs is 2. The molecule has 2 saturated heterocycles. The Bertz CT molecular complexity index is 439. The first-order valence-electron chi connectivity index (χ1n) is 7.70. The van der Waals surface area contributed by atoms with E-state index >= 15 is 0 Å². The van der Waals surface area contributed by atoms with E-state index in [1.54, 1.807) is 12.3 Å². The van der Waals surface area contributed by atoms with Gasteiger partial charge in [0.2, 0.25) is 11.8 Å². The van der Waals surface area contributed by atoms with Crippen LogP contribution in [0.5, 0.6) is 5.88 Å². The summed E-state index contributed by atoms with van der Waals surface area (Å²) in [6.07, 6.45) is 8.17. The van der Waals surface area contributed by atoms with Crippen molar-refractivity contribution in [3.63, 3.8) is 0 Å². The van der Waals surface area contributed by atoms with Gasteiger partial charge in [-0.15, -0.1) is 0 Å². The molecule has 2 bridgehead atoms. The zero-order valence-corrected chi connectivity index (χ0v) is 12.4. The van der Waals surface area contributed by atoms with Crippen LogP contribution < -0.4 is 10.1 Å². The van der Waals surface area contributed by atoms with Gasteiger partial charge in [-0.2, -0.15) is 4.98 Å². The van der Waals surface area contributed by atoms with E-state index in [4.69, 9.17) is 4.74 Å². The maximum Gasteiger partial charge on any atom is 0.226 e. The lowest BCUT2D eigenvalue weighted by Crippen LogP contribution is -2.52. The van der Waals surface area contributed by atoms with Gasteiger partial charge < -0.3 is 15.0 Å². The quantitative estimate of drug-likeness (QED) is 0.914.